The molecule has 144 valence electrons. The van der Waals surface area contributed by atoms with Gasteiger partial charge in [-0.3, -0.25) is 4.79 Å². The first kappa shape index (κ1) is 20.2. The first-order chi connectivity index (χ1) is 12.9. The molecule has 0 saturated carbocycles. The molecule has 0 aliphatic heterocycles. The Balaban J connectivity index is 1.69. The number of carbonyl (C=O) groups is 2. The lowest BCUT2D eigenvalue weighted by Gasteiger charge is -2.09. The summed E-state index contributed by atoms with van der Waals surface area (Å²) < 4.78 is 38.9. The van der Waals surface area contributed by atoms with Crippen LogP contribution in [0.25, 0.3) is 0 Å². The molecule has 1 N–H and O–H groups in total. The Bertz CT molecular complexity index is 782. The van der Waals surface area contributed by atoms with Crippen LogP contribution in [0.2, 0.25) is 0 Å². The van der Waals surface area contributed by atoms with Crippen molar-refractivity contribution in [2.45, 2.75) is 13.5 Å². The monoisotopic (exact) mass is 379 g/mol. The number of amides is 1. The van der Waals surface area contributed by atoms with Gasteiger partial charge in [0.25, 0.3) is 5.91 Å². The van der Waals surface area contributed by atoms with Gasteiger partial charge in [0.2, 0.25) is 0 Å². The first-order valence-corrected chi connectivity index (χ1v) is 8.12. The number of ether oxygens (including phenoxy) is 3. The number of nitrogens with one attached hydrogen (secondary N) is 1. The van der Waals surface area contributed by atoms with E-state index in [0.29, 0.717) is 5.75 Å². The predicted octanol–water partition coefficient (Wildman–Crippen LogP) is 2.95. The fourth-order valence-corrected chi connectivity index (χ4v) is 2.13. The molecule has 8 heteroatoms. The van der Waals surface area contributed by atoms with Gasteiger partial charge in [0, 0.05) is 0 Å². The number of hydrogen-bond acceptors (Lipinski definition) is 5. The Labute approximate surface area is 155 Å². The van der Waals surface area contributed by atoms with Gasteiger partial charge in [-0.25, -0.2) is 4.79 Å². The van der Waals surface area contributed by atoms with Crippen LogP contribution < -0.4 is 14.8 Å². The highest BCUT2D eigenvalue weighted by Crippen LogP contribution is 2.16. The molecule has 0 aliphatic rings. The van der Waals surface area contributed by atoms with E-state index in [1.54, 1.807) is 0 Å². The van der Waals surface area contributed by atoms with Crippen LogP contribution in [0.15, 0.2) is 48.5 Å². The van der Waals surface area contributed by atoms with Crippen LogP contribution in [-0.2, 0) is 9.53 Å². The molecule has 0 fully saturated rings. The zero-order valence-electron chi connectivity index (χ0n) is 14.6. The maximum Gasteiger partial charge on any atom is 0.387 e. The molecular formula is C19H19F2NO5. The van der Waals surface area contributed by atoms with E-state index in [1.165, 1.54) is 18.2 Å². The molecule has 0 aliphatic carbocycles. The van der Waals surface area contributed by atoms with Crippen LogP contribution in [0.1, 0.15) is 15.9 Å². The molecule has 6 nitrogen and oxygen atoms in total. The highest BCUT2D eigenvalue weighted by Gasteiger charge is 2.12. The van der Waals surface area contributed by atoms with Gasteiger partial charge in [0.1, 0.15) is 18.1 Å². The molecule has 1 amide bonds. The number of esters is 1. The Morgan fingerprint density at radius 2 is 1.81 bits per heavy atom. The van der Waals surface area contributed by atoms with Crippen molar-refractivity contribution in [1.29, 1.82) is 0 Å². The van der Waals surface area contributed by atoms with Crippen molar-refractivity contribution >= 4 is 11.9 Å². The Kier molecular flexibility index (Phi) is 7.54. The normalized spacial score (nSPS) is 10.4. The van der Waals surface area contributed by atoms with Crippen molar-refractivity contribution in [2.24, 2.45) is 0 Å². The lowest BCUT2D eigenvalue weighted by atomic mass is 10.2. The molecule has 2 rings (SSSR count). The number of carbonyl (C=O) groups excluding carboxylic acids is 2. The molecule has 0 spiro atoms. The second kappa shape index (κ2) is 10.1. The summed E-state index contributed by atoms with van der Waals surface area (Å²) in [4.78, 5) is 23.6. The topological polar surface area (TPSA) is 73.9 Å². The Morgan fingerprint density at radius 1 is 1.07 bits per heavy atom. The molecule has 0 unspecified atom stereocenters. The largest absolute Gasteiger partial charge is 0.492 e. The molecule has 0 heterocycles. The fourth-order valence-electron chi connectivity index (χ4n) is 2.13. The average Bonchev–Trinajstić information content (AvgIpc) is 2.63. The summed E-state index contributed by atoms with van der Waals surface area (Å²) in [5.74, 6) is -0.796. The van der Waals surface area contributed by atoms with Gasteiger partial charge in [-0.05, 0) is 42.8 Å². The van der Waals surface area contributed by atoms with E-state index in [1.807, 2.05) is 31.2 Å². The maximum atomic E-state index is 12.2. The highest BCUT2D eigenvalue weighted by molar-refractivity contribution is 5.91. The van der Waals surface area contributed by atoms with Crippen molar-refractivity contribution in [3.05, 3.63) is 59.7 Å². The van der Waals surface area contributed by atoms with E-state index in [4.69, 9.17) is 9.47 Å². The van der Waals surface area contributed by atoms with Crippen LogP contribution in [-0.4, -0.2) is 38.2 Å². The maximum absolute atomic E-state index is 12.2. The van der Waals surface area contributed by atoms with E-state index >= 15 is 0 Å². The third-order valence-electron chi connectivity index (χ3n) is 3.31. The van der Waals surface area contributed by atoms with Crippen molar-refractivity contribution in [3.8, 4) is 11.5 Å². The van der Waals surface area contributed by atoms with Gasteiger partial charge >= 0.3 is 12.6 Å². The van der Waals surface area contributed by atoms with Crippen molar-refractivity contribution < 1.29 is 32.6 Å². The van der Waals surface area contributed by atoms with Crippen molar-refractivity contribution in [1.82, 2.24) is 5.32 Å². The summed E-state index contributed by atoms with van der Waals surface area (Å²) >= 11 is 0. The number of hydrogen-bond donors (Lipinski definition) is 1. The van der Waals surface area contributed by atoms with E-state index in [2.05, 4.69) is 10.1 Å². The third-order valence-corrected chi connectivity index (χ3v) is 3.31. The Hall–Kier alpha value is -3.16. The minimum Gasteiger partial charge on any atom is -0.492 e. The average molecular weight is 379 g/mol. The van der Waals surface area contributed by atoms with Gasteiger partial charge in [-0.1, -0.05) is 18.2 Å². The standard InChI is InChI=1S/C19H19F2NO5/c1-13-4-2-6-15(10-13)25-9-8-22-17(23)12-26-18(24)14-5-3-7-16(11-14)27-19(20)21/h2-7,10-11,19H,8-9,12H2,1H3,(H,22,23). The van der Waals surface area contributed by atoms with Gasteiger partial charge in [0.15, 0.2) is 6.61 Å². The number of alkyl halides is 2. The zero-order valence-corrected chi connectivity index (χ0v) is 14.6. The van der Waals surface area contributed by atoms with Gasteiger partial charge in [-0.15, -0.1) is 0 Å². The molecule has 2 aromatic carbocycles. The molecular weight excluding hydrogens is 360 g/mol. The molecule has 27 heavy (non-hydrogen) atoms. The zero-order chi connectivity index (χ0) is 19.6. The molecule has 0 bridgehead atoms. The summed E-state index contributed by atoms with van der Waals surface area (Å²) in [6.07, 6.45) is 0. The SMILES string of the molecule is Cc1cccc(OCCNC(=O)COC(=O)c2cccc(OC(F)F)c2)c1. The molecule has 0 saturated heterocycles. The molecule has 0 atom stereocenters. The van der Waals surface area contributed by atoms with E-state index in [-0.39, 0.29) is 24.5 Å². The molecule has 2 aromatic rings. The summed E-state index contributed by atoms with van der Waals surface area (Å²) in [6, 6.07) is 12.6. The molecule has 0 aromatic heterocycles. The minimum absolute atomic E-state index is 0.00345. The van der Waals surface area contributed by atoms with Gasteiger partial charge < -0.3 is 19.5 Å². The number of rotatable bonds is 9. The van der Waals surface area contributed by atoms with E-state index in [9.17, 15) is 18.4 Å². The number of aryl methyl sites for hydroxylation is 1. The summed E-state index contributed by atoms with van der Waals surface area (Å²) in [7, 11) is 0. The predicted molar refractivity (Wildman–Crippen MR) is 93.0 cm³/mol. The Morgan fingerprint density at radius 3 is 2.56 bits per heavy atom. The highest BCUT2D eigenvalue weighted by atomic mass is 19.3. The molecule has 0 radical (unpaired) electrons. The smallest absolute Gasteiger partial charge is 0.387 e. The van der Waals surface area contributed by atoms with Crippen LogP contribution in [0, 0.1) is 6.92 Å². The van der Waals surface area contributed by atoms with Crippen LogP contribution in [0.5, 0.6) is 11.5 Å². The van der Waals surface area contributed by atoms with Crippen LogP contribution in [0.3, 0.4) is 0 Å². The number of benzene rings is 2. The van der Waals surface area contributed by atoms with Gasteiger partial charge in [-0.2, -0.15) is 8.78 Å². The summed E-state index contributed by atoms with van der Waals surface area (Å²) in [5.41, 5.74) is 1.06. The minimum atomic E-state index is -3.00. The second-order valence-electron chi connectivity index (χ2n) is 5.50. The number of halogens is 2. The van der Waals surface area contributed by atoms with Crippen molar-refractivity contribution in [2.75, 3.05) is 19.8 Å². The second-order valence-corrected chi connectivity index (χ2v) is 5.50. The van der Waals surface area contributed by atoms with E-state index < -0.39 is 25.1 Å². The van der Waals surface area contributed by atoms with Crippen LogP contribution in [0.4, 0.5) is 8.78 Å². The summed E-state index contributed by atoms with van der Waals surface area (Å²) in [5, 5.41) is 2.55. The lowest BCUT2D eigenvalue weighted by molar-refractivity contribution is -0.124. The summed E-state index contributed by atoms with van der Waals surface area (Å²) in [6.45, 7) is -1.05. The first-order valence-electron chi connectivity index (χ1n) is 8.12. The van der Waals surface area contributed by atoms with Crippen molar-refractivity contribution in [3.63, 3.8) is 0 Å². The van der Waals surface area contributed by atoms with Crippen LogP contribution >= 0.6 is 0 Å². The fraction of sp³-hybridized carbons (Fsp3) is 0.263. The lowest BCUT2D eigenvalue weighted by Crippen LogP contribution is -2.32. The third kappa shape index (κ3) is 7.31. The van der Waals surface area contributed by atoms with Gasteiger partial charge in [0.05, 0.1) is 12.1 Å². The quantitative estimate of drug-likeness (QED) is 0.536. The van der Waals surface area contributed by atoms with E-state index in [0.717, 1.165) is 11.6 Å².